The smallest absolute Gasteiger partial charge is 0.294 e. The monoisotopic (exact) mass is 572 g/mol. The van der Waals surface area contributed by atoms with Gasteiger partial charge in [-0.2, -0.15) is 0 Å². The number of carbonyl (C=O) groups excluding carboxylic acids is 3. The van der Waals surface area contributed by atoms with Crippen molar-refractivity contribution in [3.05, 3.63) is 100 Å². The molecule has 0 unspecified atom stereocenters. The first kappa shape index (κ1) is 29.5. The number of benzene rings is 3. The van der Waals surface area contributed by atoms with Gasteiger partial charge >= 0.3 is 0 Å². The van der Waals surface area contributed by atoms with Gasteiger partial charge in [0, 0.05) is 11.3 Å². The molecule has 0 atom stereocenters. The minimum absolute atomic E-state index is 0.215. The summed E-state index contributed by atoms with van der Waals surface area (Å²) in [5.41, 5.74) is 4.23. The van der Waals surface area contributed by atoms with Gasteiger partial charge in [0.1, 0.15) is 18.9 Å². The summed E-state index contributed by atoms with van der Waals surface area (Å²) in [6, 6.07) is 18.5. The number of thioether (sulfide) groups is 1. The number of hydrogen-bond acceptors (Lipinski definition) is 7. The van der Waals surface area contributed by atoms with Crippen molar-refractivity contribution in [1.82, 2.24) is 4.90 Å². The molecule has 1 heterocycles. The van der Waals surface area contributed by atoms with Gasteiger partial charge in [-0.25, -0.2) is 0 Å². The lowest BCUT2D eigenvalue weighted by molar-refractivity contribution is -0.127. The van der Waals surface area contributed by atoms with Crippen molar-refractivity contribution < 1.29 is 28.6 Å². The first-order valence-corrected chi connectivity index (χ1v) is 13.9. The molecule has 8 nitrogen and oxygen atoms in total. The third-order valence-electron chi connectivity index (χ3n) is 6.17. The fourth-order valence-electron chi connectivity index (χ4n) is 4.15. The Kier molecular flexibility index (Phi) is 9.86. The number of nitrogens with one attached hydrogen (secondary N) is 1. The van der Waals surface area contributed by atoms with Gasteiger partial charge in [0.05, 0.1) is 18.6 Å². The van der Waals surface area contributed by atoms with Gasteiger partial charge in [0.15, 0.2) is 11.5 Å². The van der Waals surface area contributed by atoms with Crippen molar-refractivity contribution in [3.63, 3.8) is 0 Å². The molecule has 1 aliphatic rings. The molecule has 3 aromatic carbocycles. The van der Waals surface area contributed by atoms with Crippen LogP contribution in [0.2, 0.25) is 0 Å². The summed E-state index contributed by atoms with van der Waals surface area (Å²) in [5, 5.41) is 2.18. The standard InChI is InChI=1S/C32H32N2O6S/c1-5-7-24-16-23(17-27(39-6-2)30(24)40-20-22-10-8-21(3)9-11-22)18-28-31(36)34(32(37)41-28)19-29(35)33-25-12-14-26(38-4)15-13-25/h5,8-18H,1,6-7,19-20H2,2-4H3,(H,33,35)/b28-18+. The second kappa shape index (κ2) is 13.7. The molecule has 0 saturated carbocycles. The molecular formula is C32H32N2O6S. The maximum absolute atomic E-state index is 13.1. The van der Waals surface area contributed by atoms with Crippen LogP contribution in [0.4, 0.5) is 10.5 Å². The molecule has 0 radical (unpaired) electrons. The topological polar surface area (TPSA) is 94.2 Å². The predicted molar refractivity (Wildman–Crippen MR) is 161 cm³/mol. The first-order chi connectivity index (χ1) is 19.8. The second-order valence-corrected chi connectivity index (χ2v) is 10.2. The Balaban J connectivity index is 1.52. The number of anilines is 1. The Hall–Kier alpha value is -4.50. The molecule has 0 aromatic heterocycles. The third-order valence-corrected chi connectivity index (χ3v) is 7.08. The van der Waals surface area contributed by atoms with Crippen molar-refractivity contribution >= 4 is 40.6 Å². The summed E-state index contributed by atoms with van der Waals surface area (Å²) < 4.78 is 17.2. The Bertz CT molecular complexity index is 1460. The zero-order valence-corrected chi connectivity index (χ0v) is 24.1. The molecule has 0 spiro atoms. The van der Waals surface area contributed by atoms with E-state index in [1.165, 1.54) is 5.56 Å². The van der Waals surface area contributed by atoms with Gasteiger partial charge in [-0.3, -0.25) is 19.3 Å². The van der Waals surface area contributed by atoms with E-state index in [2.05, 4.69) is 11.9 Å². The van der Waals surface area contributed by atoms with Crippen LogP contribution >= 0.6 is 11.8 Å². The third kappa shape index (κ3) is 7.58. The van der Waals surface area contributed by atoms with E-state index in [1.807, 2.05) is 44.2 Å². The van der Waals surface area contributed by atoms with Gasteiger partial charge in [0.2, 0.25) is 5.91 Å². The number of imide groups is 1. The summed E-state index contributed by atoms with van der Waals surface area (Å²) in [6.07, 6.45) is 3.91. The highest BCUT2D eigenvalue weighted by atomic mass is 32.2. The average Bonchev–Trinajstić information content (AvgIpc) is 3.21. The highest BCUT2D eigenvalue weighted by Crippen LogP contribution is 2.38. The van der Waals surface area contributed by atoms with Crippen LogP contribution in [0.5, 0.6) is 17.2 Å². The molecule has 3 amide bonds. The highest BCUT2D eigenvalue weighted by Gasteiger charge is 2.36. The predicted octanol–water partition coefficient (Wildman–Crippen LogP) is 6.38. The van der Waals surface area contributed by atoms with E-state index in [9.17, 15) is 14.4 Å². The van der Waals surface area contributed by atoms with Crippen molar-refractivity contribution in [2.45, 2.75) is 26.9 Å². The summed E-state index contributed by atoms with van der Waals surface area (Å²) in [5.74, 6) is 0.762. The van der Waals surface area contributed by atoms with Crippen LogP contribution in [0.25, 0.3) is 6.08 Å². The van der Waals surface area contributed by atoms with E-state index in [1.54, 1.807) is 49.6 Å². The Morgan fingerprint density at radius 2 is 1.78 bits per heavy atom. The molecule has 41 heavy (non-hydrogen) atoms. The van der Waals surface area contributed by atoms with Crippen molar-refractivity contribution in [3.8, 4) is 17.2 Å². The average molecular weight is 573 g/mol. The van der Waals surface area contributed by atoms with Gasteiger partial charge in [-0.05, 0) is 85.6 Å². The maximum atomic E-state index is 13.1. The minimum Gasteiger partial charge on any atom is -0.497 e. The van der Waals surface area contributed by atoms with Gasteiger partial charge in [-0.15, -0.1) is 6.58 Å². The Morgan fingerprint density at radius 3 is 2.44 bits per heavy atom. The van der Waals surface area contributed by atoms with Crippen molar-refractivity contribution in [1.29, 1.82) is 0 Å². The molecule has 3 aromatic rings. The molecular weight excluding hydrogens is 540 g/mol. The van der Waals surface area contributed by atoms with Gasteiger partial charge < -0.3 is 19.5 Å². The molecule has 212 valence electrons. The van der Waals surface area contributed by atoms with Crippen LogP contribution in [-0.4, -0.2) is 42.2 Å². The summed E-state index contributed by atoms with van der Waals surface area (Å²) in [7, 11) is 1.55. The van der Waals surface area contributed by atoms with Crippen molar-refractivity contribution in [2.24, 2.45) is 0 Å². The number of nitrogens with zero attached hydrogens (tertiary/aromatic N) is 1. The Morgan fingerprint density at radius 1 is 1.05 bits per heavy atom. The largest absolute Gasteiger partial charge is 0.497 e. The molecule has 1 saturated heterocycles. The van der Waals surface area contributed by atoms with Crippen LogP contribution in [0, 0.1) is 6.92 Å². The lowest BCUT2D eigenvalue weighted by Gasteiger charge is -2.17. The number of hydrogen-bond donors (Lipinski definition) is 1. The quantitative estimate of drug-likeness (QED) is 0.199. The van der Waals surface area contributed by atoms with Gasteiger partial charge in [0.25, 0.3) is 11.1 Å². The Labute approximate surface area is 244 Å². The van der Waals surface area contributed by atoms with Crippen LogP contribution < -0.4 is 19.5 Å². The fraction of sp³-hybridized carbons (Fsp3) is 0.219. The number of ether oxygens (including phenoxy) is 3. The van der Waals surface area contributed by atoms with Crippen LogP contribution in [0.15, 0.2) is 78.2 Å². The number of rotatable bonds is 12. The van der Waals surface area contributed by atoms with E-state index >= 15 is 0 Å². The number of carbonyl (C=O) groups is 3. The summed E-state index contributed by atoms with van der Waals surface area (Å²) in [4.78, 5) is 39.5. The molecule has 1 N–H and O–H groups in total. The maximum Gasteiger partial charge on any atom is 0.294 e. The SMILES string of the molecule is C=CCc1cc(/C=C2/SC(=O)N(CC(=O)Nc3ccc(OC)cc3)C2=O)cc(OCC)c1OCc1ccc(C)cc1. The van der Waals surface area contributed by atoms with E-state index in [0.717, 1.165) is 27.8 Å². The summed E-state index contributed by atoms with van der Waals surface area (Å²) in [6.45, 7) is 8.16. The normalized spacial score (nSPS) is 13.8. The highest BCUT2D eigenvalue weighted by molar-refractivity contribution is 8.18. The first-order valence-electron chi connectivity index (χ1n) is 13.1. The zero-order valence-electron chi connectivity index (χ0n) is 23.3. The molecule has 0 aliphatic carbocycles. The van der Waals surface area contributed by atoms with E-state index in [-0.39, 0.29) is 4.91 Å². The molecule has 1 fully saturated rings. The second-order valence-electron chi connectivity index (χ2n) is 9.25. The minimum atomic E-state index is -0.534. The van der Waals surface area contributed by atoms with E-state index in [4.69, 9.17) is 14.2 Å². The van der Waals surface area contributed by atoms with Crippen LogP contribution in [0.1, 0.15) is 29.2 Å². The molecule has 1 aliphatic heterocycles. The van der Waals surface area contributed by atoms with Crippen LogP contribution in [0.3, 0.4) is 0 Å². The summed E-state index contributed by atoms with van der Waals surface area (Å²) >= 11 is 0.791. The molecule has 4 rings (SSSR count). The number of aryl methyl sites for hydroxylation is 1. The number of methoxy groups -OCH3 is 1. The van der Waals surface area contributed by atoms with Gasteiger partial charge in [-0.1, -0.05) is 35.9 Å². The lowest BCUT2D eigenvalue weighted by atomic mass is 10.0. The van der Waals surface area contributed by atoms with Crippen LogP contribution in [-0.2, 0) is 22.6 Å². The van der Waals surface area contributed by atoms with E-state index in [0.29, 0.717) is 48.1 Å². The fourth-order valence-corrected chi connectivity index (χ4v) is 4.98. The zero-order chi connectivity index (χ0) is 29.4. The molecule has 9 heteroatoms. The number of amides is 3. The lowest BCUT2D eigenvalue weighted by Crippen LogP contribution is -2.36. The van der Waals surface area contributed by atoms with E-state index < -0.39 is 23.6 Å². The molecule has 0 bridgehead atoms. The number of allylic oxidation sites excluding steroid dienone is 1. The van der Waals surface area contributed by atoms with Crippen molar-refractivity contribution in [2.75, 3.05) is 25.6 Å².